The smallest absolute Gasteiger partial charge is 0.251 e. The maximum Gasteiger partial charge on any atom is 0.251 e. The van der Waals surface area contributed by atoms with Crippen LogP contribution in [0.25, 0.3) is 0 Å². The lowest BCUT2D eigenvalue weighted by atomic mass is 10.1. The second-order valence-electron chi connectivity index (χ2n) is 6.11. The van der Waals surface area contributed by atoms with Crippen molar-refractivity contribution < 1.29 is 9.53 Å². The van der Waals surface area contributed by atoms with Gasteiger partial charge in [0.1, 0.15) is 0 Å². The average Bonchev–Trinajstić information content (AvgIpc) is 3.10. The van der Waals surface area contributed by atoms with Gasteiger partial charge in [-0.25, -0.2) is 0 Å². The number of aliphatic imine (C=N–C) groups is 1. The van der Waals surface area contributed by atoms with Crippen LogP contribution in [0.15, 0.2) is 33.7 Å². The second kappa shape index (κ2) is 12.5. The van der Waals surface area contributed by atoms with Gasteiger partial charge in [0.2, 0.25) is 0 Å². The fourth-order valence-electron chi connectivity index (χ4n) is 2.73. The molecule has 1 heterocycles. The van der Waals surface area contributed by atoms with Gasteiger partial charge in [-0.15, -0.1) is 24.0 Å². The number of benzene rings is 1. The summed E-state index contributed by atoms with van der Waals surface area (Å²) in [6.07, 6.45) is 1.10. The molecule has 0 aromatic heterocycles. The molecule has 146 valence electrons. The van der Waals surface area contributed by atoms with E-state index in [9.17, 15) is 4.79 Å². The van der Waals surface area contributed by atoms with Gasteiger partial charge in [-0.05, 0) is 31.5 Å². The molecule has 1 atom stereocenters. The summed E-state index contributed by atoms with van der Waals surface area (Å²) >= 11 is 3.38. The van der Waals surface area contributed by atoms with E-state index in [1.165, 1.54) is 0 Å². The maximum absolute atomic E-state index is 12.1. The second-order valence-corrected chi connectivity index (χ2v) is 7.03. The summed E-state index contributed by atoms with van der Waals surface area (Å²) in [4.78, 5) is 18.9. The lowest BCUT2D eigenvalue weighted by molar-refractivity contribution is 0.0954. The summed E-state index contributed by atoms with van der Waals surface area (Å²) in [7, 11) is 2.04. The minimum atomic E-state index is -0.0852. The van der Waals surface area contributed by atoms with E-state index < -0.39 is 0 Å². The van der Waals surface area contributed by atoms with Crippen LogP contribution in [0.4, 0.5) is 0 Å². The zero-order valence-electron chi connectivity index (χ0n) is 15.3. The van der Waals surface area contributed by atoms with E-state index in [1.54, 1.807) is 12.1 Å². The van der Waals surface area contributed by atoms with Gasteiger partial charge in [-0.1, -0.05) is 22.0 Å². The SMILES string of the molecule is CCNC(=NCCNC(=O)c1cccc(Br)c1)N(C)CC1CCOC1.I. The first kappa shape index (κ1) is 23.2. The van der Waals surface area contributed by atoms with Crippen LogP contribution in [0.3, 0.4) is 0 Å². The molecule has 1 saturated heterocycles. The molecule has 1 fully saturated rings. The van der Waals surface area contributed by atoms with Gasteiger partial charge in [-0.2, -0.15) is 0 Å². The van der Waals surface area contributed by atoms with Crippen molar-refractivity contribution in [3.63, 3.8) is 0 Å². The number of nitrogens with zero attached hydrogens (tertiary/aromatic N) is 2. The first-order chi connectivity index (χ1) is 12.1. The lowest BCUT2D eigenvalue weighted by Crippen LogP contribution is -2.42. The highest BCUT2D eigenvalue weighted by Crippen LogP contribution is 2.13. The quantitative estimate of drug-likeness (QED) is 0.242. The molecule has 0 aliphatic carbocycles. The van der Waals surface area contributed by atoms with Crippen molar-refractivity contribution in [1.29, 1.82) is 0 Å². The number of halogens is 2. The monoisotopic (exact) mass is 538 g/mol. The summed E-state index contributed by atoms with van der Waals surface area (Å²) in [5.41, 5.74) is 0.642. The predicted molar refractivity (Wildman–Crippen MR) is 119 cm³/mol. The maximum atomic E-state index is 12.1. The highest BCUT2D eigenvalue weighted by atomic mass is 127. The highest BCUT2D eigenvalue weighted by Gasteiger charge is 2.19. The van der Waals surface area contributed by atoms with Crippen LogP contribution >= 0.6 is 39.9 Å². The number of carbonyl (C=O) groups excluding carboxylic acids is 1. The Balaban J connectivity index is 0.00000338. The van der Waals surface area contributed by atoms with Gasteiger partial charge in [0, 0.05) is 49.2 Å². The number of ether oxygens (including phenoxy) is 1. The minimum Gasteiger partial charge on any atom is -0.381 e. The molecule has 0 radical (unpaired) electrons. The number of hydrogen-bond acceptors (Lipinski definition) is 3. The number of guanidine groups is 1. The summed E-state index contributed by atoms with van der Waals surface area (Å²) < 4.78 is 6.33. The number of rotatable bonds is 7. The van der Waals surface area contributed by atoms with Crippen molar-refractivity contribution in [2.45, 2.75) is 13.3 Å². The van der Waals surface area contributed by atoms with Crippen molar-refractivity contribution in [2.24, 2.45) is 10.9 Å². The molecular formula is C18H28BrIN4O2. The van der Waals surface area contributed by atoms with Gasteiger partial charge in [-0.3, -0.25) is 9.79 Å². The Hall–Kier alpha value is -0.870. The first-order valence-electron chi connectivity index (χ1n) is 8.71. The summed E-state index contributed by atoms with van der Waals surface area (Å²) in [5.74, 6) is 1.34. The lowest BCUT2D eigenvalue weighted by Gasteiger charge is -2.24. The summed E-state index contributed by atoms with van der Waals surface area (Å²) in [6.45, 7) is 6.51. The van der Waals surface area contributed by atoms with Gasteiger partial charge in [0.05, 0.1) is 13.2 Å². The van der Waals surface area contributed by atoms with Crippen molar-refractivity contribution in [3.8, 4) is 0 Å². The van der Waals surface area contributed by atoms with Crippen LogP contribution in [0.1, 0.15) is 23.7 Å². The topological polar surface area (TPSA) is 66.0 Å². The average molecular weight is 539 g/mol. The van der Waals surface area contributed by atoms with Crippen LogP contribution in [-0.2, 0) is 4.74 Å². The molecule has 2 N–H and O–H groups in total. The van der Waals surface area contributed by atoms with Gasteiger partial charge < -0.3 is 20.3 Å². The molecule has 1 aromatic carbocycles. The Bertz CT molecular complexity index is 594. The number of hydrogen-bond donors (Lipinski definition) is 2. The molecule has 2 rings (SSSR count). The van der Waals surface area contributed by atoms with E-state index in [-0.39, 0.29) is 29.9 Å². The van der Waals surface area contributed by atoms with Crippen LogP contribution in [0.2, 0.25) is 0 Å². The third-order valence-electron chi connectivity index (χ3n) is 4.00. The van der Waals surface area contributed by atoms with Crippen molar-refractivity contribution in [1.82, 2.24) is 15.5 Å². The number of nitrogens with one attached hydrogen (secondary N) is 2. The highest BCUT2D eigenvalue weighted by molar-refractivity contribution is 14.0. The fourth-order valence-corrected chi connectivity index (χ4v) is 3.13. The van der Waals surface area contributed by atoms with E-state index in [0.29, 0.717) is 24.6 Å². The molecule has 1 amide bonds. The van der Waals surface area contributed by atoms with E-state index in [1.807, 2.05) is 19.2 Å². The van der Waals surface area contributed by atoms with E-state index in [4.69, 9.17) is 4.74 Å². The van der Waals surface area contributed by atoms with Crippen molar-refractivity contribution in [3.05, 3.63) is 34.3 Å². The minimum absolute atomic E-state index is 0. The van der Waals surface area contributed by atoms with Crippen LogP contribution in [0.5, 0.6) is 0 Å². The standard InChI is InChI=1S/C18H27BrN4O2.HI/c1-3-20-18(23(2)12-14-7-10-25-13-14)22-9-8-21-17(24)15-5-4-6-16(19)11-15;/h4-6,11,14H,3,7-10,12-13H2,1-2H3,(H,20,22)(H,21,24);1H. The van der Waals surface area contributed by atoms with E-state index in [2.05, 4.69) is 43.4 Å². The fraction of sp³-hybridized carbons (Fsp3) is 0.556. The predicted octanol–water partition coefficient (Wildman–Crippen LogP) is 2.73. The molecule has 8 heteroatoms. The molecule has 0 bridgehead atoms. The number of amides is 1. The van der Waals surface area contributed by atoms with Crippen molar-refractivity contribution in [2.75, 3.05) is 46.4 Å². The van der Waals surface area contributed by atoms with Gasteiger partial charge in [0.15, 0.2) is 5.96 Å². The van der Waals surface area contributed by atoms with E-state index in [0.717, 1.165) is 43.2 Å². The molecule has 1 aromatic rings. The molecule has 26 heavy (non-hydrogen) atoms. The normalized spacial score (nSPS) is 16.7. The van der Waals surface area contributed by atoms with Gasteiger partial charge >= 0.3 is 0 Å². The Kier molecular flexibility index (Phi) is 11.1. The Morgan fingerprint density at radius 3 is 2.88 bits per heavy atom. The van der Waals surface area contributed by atoms with E-state index >= 15 is 0 Å². The summed E-state index contributed by atoms with van der Waals surface area (Å²) in [6, 6.07) is 7.35. The largest absolute Gasteiger partial charge is 0.381 e. The van der Waals surface area contributed by atoms with Gasteiger partial charge in [0.25, 0.3) is 5.91 Å². The van der Waals surface area contributed by atoms with Crippen molar-refractivity contribution >= 4 is 51.8 Å². The van der Waals surface area contributed by atoms with Crippen LogP contribution in [-0.4, -0.2) is 63.2 Å². The molecule has 1 unspecified atom stereocenters. The Labute approximate surface area is 181 Å². The van der Waals surface area contributed by atoms with Crippen LogP contribution in [0, 0.1) is 5.92 Å². The molecule has 0 spiro atoms. The zero-order valence-corrected chi connectivity index (χ0v) is 19.2. The molecule has 1 aliphatic heterocycles. The third-order valence-corrected chi connectivity index (χ3v) is 4.49. The molecule has 6 nitrogen and oxygen atoms in total. The summed E-state index contributed by atoms with van der Waals surface area (Å²) in [5, 5.41) is 6.20. The zero-order chi connectivity index (χ0) is 18.1. The molecule has 1 aliphatic rings. The number of carbonyl (C=O) groups is 1. The molecule has 0 saturated carbocycles. The van der Waals surface area contributed by atoms with Crippen LogP contribution < -0.4 is 10.6 Å². The third kappa shape index (κ3) is 7.79. The Morgan fingerprint density at radius 1 is 1.42 bits per heavy atom. The first-order valence-corrected chi connectivity index (χ1v) is 9.50. The Morgan fingerprint density at radius 2 is 2.23 bits per heavy atom. The molecular weight excluding hydrogens is 511 g/mol.